The number of methoxy groups -OCH3 is 1. The number of carbonyl (C=O) groups excluding carboxylic acids is 1. The number of aryl methyl sites for hydroxylation is 1. The van der Waals surface area contributed by atoms with Crippen LogP contribution in [0.5, 0.6) is 11.5 Å². The van der Waals surface area contributed by atoms with Crippen LogP contribution in [0.3, 0.4) is 0 Å². The minimum absolute atomic E-state index is 0.0723. The Morgan fingerprint density at radius 1 is 1.15 bits per heavy atom. The summed E-state index contributed by atoms with van der Waals surface area (Å²) in [5.41, 5.74) is 2.66. The van der Waals surface area contributed by atoms with Crippen LogP contribution in [0.25, 0.3) is 6.08 Å². The molecule has 0 aromatic heterocycles. The van der Waals surface area contributed by atoms with Gasteiger partial charge in [-0.3, -0.25) is 4.79 Å². The number of benzene rings is 3. The summed E-state index contributed by atoms with van der Waals surface area (Å²) < 4.78 is 12.2. The van der Waals surface area contributed by atoms with Gasteiger partial charge in [-0.05, 0) is 71.0 Å². The fraction of sp³-hybridized carbons (Fsp3) is 0.120. The topological polar surface area (TPSA) is 71.3 Å². The summed E-state index contributed by atoms with van der Waals surface area (Å²) in [6.45, 7) is 2.09. The summed E-state index contributed by atoms with van der Waals surface area (Å²) in [5.74, 6) is 0.464. The van der Waals surface area contributed by atoms with Crippen molar-refractivity contribution in [3.05, 3.63) is 90.5 Å². The molecule has 0 saturated carbocycles. The van der Waals surface area contributed by atoms with E-state index in [2.05, 4.69) is 27.9 Å². The first kappa shape index (κ1) is 24.9. The van der Waals surface area contributed by atoms with Gasteiger partial charge in [0.05, 0.1) is 21.4 Å². The summed E-state index contributed by atoms with van der Waals surface area (Å²) in [7, 11) is 1.53. The number of nitrogens with zero attached hydrogens (tertiary/aromatic N) is 1. The van der Waals surface area contributed by atoms with Crippen LogP contribution in [-0.4, -0.2) is 13.0 Å². The first-order chi connectivity index (χ1) is 15.8. The average Bonchev–Trinajstić information content (AvgIpc) is 2.79. The Morgan fingerprint density at radius 3 is 2.55 bits per heavy atom. The molecule has 0 aliphatic carbocycles. The van der Waals surface area contributed by atoms with Crippen LogP contribution in [0.15, 0.2) is 60.2 Å². The van der Waals surface area contributed by atoms with Crippen LogP contribution in [0, 0.1) is 21.8 Å². The Labute approximate surface area is 216 Å². The van der Waals surface area contributed by atoms with Gasteiger partial charge in [0, 0.05) is 10.6 Å². The Hall–Kier alpha value is -2.73. The third-order valence-electron chi connectivity index (χ3n) is 4.72. The lowest BCUT2D eigenvalue weighted by Crippen LogP contribution is -2.14. The van der Waals surface area contributed by atoms with E-state index < -0.39 is 5.91 Å². The summed E-state index contributed by atoms with van der Waals surface area (Å²) in [5, 5.41) is 13.3. The predicted molar refractivity (Wildman–Crippen MR) is 140 cm³/mol. The number of halogens is 3. The number of para-hydroxylation sites is 1. The van der Waals surface area contributed by atoms with Crippen LogP contribution in [0.4, 0.5) is 5.69 Å². The van der Waals surface area contributed by atoms with Gasteiger partial charge in [-0.25, -0.2) is 0 Å². The fourth-order valence-corrected chi connectivity index (χ4v) is 4.26. The molecular formula is C25H19Cl2IN2O3. The molecule has 1 N–H and O–H groups in total. The highest BCUT2D eigenvalue weighted by Crippen LogP contribution is 2.36. The van der Waals surface area contributed by atoms with Gasteiger partial charge < -0.3 is 14.8 Å². The van der Waals surface area contributed by atoms with Crippen molar-refractivity contribution in [3.8, 4) is 17.6 Å². The molecule has 3 aromatic rings. The third kappa shape index (κ3) is 6.20. The number of nitrogens with one attached hydrogen (secondary N) is 1. The summed E-state index contributed by atoms with van der Waals surface area (Å²) in [6.07, 6.45) is 1.49. The molecule has 0 bridgehead atoms. The molecule has 3 aromatic carbocycles. The second-order valence-electron chi connectivity index (χ2n) is 6.97. The Balaban J connectivity index is 1.86. The molecule has 0 unspecified atom stereocenters. The smallest absolute Gasteiger partial charge is 0.266 e. The lowest BCUT2D eigenvalue weighted by molar-refractivity contribution is -0.112. The van der Waals surface area contributed by atoms with Crippen molar-refractivity contribution >= 4 is 63.5 Å². The zero-order chi connectivity index (χ0) is 24.0. The largest absolute Gasteiger partial charge is 0.493 e. The molecule has 0 saturated heterocycles. The van der Waals surface area contributed by atoms with E-state index in [1.165, 1.54) is 13.2 Å². The van der Waals surface area contributed by atoms with Crippen molar-refractivity contribution in [3.63, 3.8) is 0 Å². The molecular weight excluding hydrogens is 574 g/mol. The molecule has 0 spiro atoms. The zero-order valence-electron chi connectivity index (χ0n) is 17.8. The second-order valence-corrected chi connectivity index (χ2v) is 8.95. The van der Waals surface area contributed by atoms with Crippen molar-refractivity contribution in [1.29, 1.82) is 5.26 Å². The van der Waals surface area contributed by atoms with Crippen LogP contribution in [-0.2, 0) is 11.4 Å². The molecule has 0 aliphatic heterocycles. The first-order valence-electron chi connectivity index (χ1n) is 9.76. The van der Waals surface area contributed by atoms with Gasteiger partial charge >= 0.3 is 0 Å². The standard InChI is InChI=1S/C25H19Cl2IN2O3/c1-15-6-5-9-20(27)23(15)30-25(31)18(13-29)10-16-11-21(28)24(22(12-16)32-2)33-14-17-7-3-4-8-19(17)26/h3-12H,14H2,1-2H3,(H,30,31)/b18-10+. The minimum atomic E-state index is -0.554. The summed E-state index contributed by atoms with van der Waals surface area (Å²) >= 11 is 14.5. The molecule has 168 valence electrons. The van der Waals surface area contributed by atoms with Crippen molar-refractivity contribution in [2.24, 2.45) is 0 Å². The molecule has 0 radical (unpaired) electrons. The van der Waals surface area contributed by atoms with E-state index in [4.69, 9.17) is 32.7 Å². The Bertz CT molecular complexity index is 1250. The number of nitriles is 1. The normalized spacial score (nSPS) is 11.0. The monoisotopic (exact) mass is 592 g/mol. The van der Waals surface area contributed by atoms with Crippen LogP contribution in [0.1, 0.15) is 16.7 Å². The molecule has 5 nitrogen and oxygen atoms in total. The highest BCUT2D eigenvalue weighted by molar-refractivity contribution is 14.1. The maximum atomic E-state index is 12.7. The fourth-order valence-electron chi connectivity index (χ4n) is 3.01. The van der Waals surface area contributed by atoms with E-state index in [9.17, 15) is 10.1 Å². The van der Waals surface area contributed by atoms with Crippen LogP contribution in [0.2, 0.25) is 10.0 Å². The van der Waals surface area contributed by atoms with Gasteiger partial charge in [-0.1, -0.05) is 53.5 Å². The molecule has 0 heterocycles. The third-order valence-corrected chi connectivity index (χ3v) is 6.20. The number of hydrogen-bond donors (Lipinski definition) is 1. The van der Waals surface area contributed by atoms with Gasteiger partial charge in [-0.15, -0.1) is 0 Å². The van der Waals surface area contributed by atoms with Gasteiger partial charge in [0.2, 0.25) is 0 Å². The van der Waals surface area contributed by atoms with E-state index in [0.717, 1.165) is 14.7 Å². The van der Waals surface area contributed by atoms with Crippen molar-refractivity contribution < 1.29 is 14.3 Å². The minimum Gasteiger partial charge on any atom is -0.493 e. The zero-order valence-corrected chi connectivity index (χ0v) is 21.5. The SMILES string of the molecule is COc1cc(/C=C(\C#N)C(=O)Nc2c(C)cccc2Cl)cc(I)c1OCc1ccccc1Cl. The average molecular weight is 593 g/mol. The summed E-state index contributed by atoms with van der Waals surface area (Å²) in [6, 6.07) is 18.2. The second kappa shape index (κ2) is 11.4. The Kier molecular flexibility index (Phi) is 8.61. The highest BCUT2D eigenvalue weighted by Gasteiger charge is 2.16. The van der Waals surface area contributed by atoms with Crippen molar-refractivity contribution in [2.45, 2.75) is 13.5 Å². The molecule has 0 fully saturated rings. The van der Waals surface area contributed by atoms with E-state index in [1.807, 2.05) is 37.3 Å². The lowest BCUT2D eigenvalue weighted by atomic mass is 10.1. The van der Waals surface area contributed by atoms with Crippen LogP contribution >= 0.6 is 45.8 Å². The molecule has 33 heavy (non-hydrogen) atoms. The first-order valence-corrected chi connectivity index (χ1v) is 11.6. The maximum absolute atomic E-state index is 12.7. The Morgan fingerprint density at radius 2 is 1.88 bits per heavy atom. The summed E-state index contributed by atoms with van der Waals surface area (Å²) in [4.78, 5) is 12.7. The molecule has 0 atom stereocenters. The highest BCUT2D eigenvalue weighted by atomic mass is 127. The van der Waals surface area contributed by atoms with E-state index in [-0.39, 0.29) is 12.2 Å². The van der Waals surface area contributed by atoms with Gasteiger partial charge in [0.15, 0.2) is 11.5 Å². The molecule has 3 rings (SSSR count). The lowest BCUT2D eigenvalue weighted by Gasteiger charge is -2.14. The van der Waals surface area contributed by atoms with Gasteiger partial charge in [0.1, 0.15) is 18.2 Å². The van der Waals surface area contributed by atoms with E-state index in [1.54, 1.807) is 30.3 Å². The number of ether oxygens (including phenoxy) is 2. The van der Waals surface area contributed by atoms with E-state index >= 15 is 0 Å². The van der Waals surface area contributed by atoms with Crippen molar-refractivity contribution in [1.82, 2.24) is 0 Å². The quantitative estimate of drug-likeness (QED) is 0.181. The number of anilines is 1. The number of hydrogen-bond acceptors (Lipinski definition) is 4. The molecule has 1 amide bonds. The maximum Gasteiger partial charge on any atom is 0.266 e. The van der Waals surface area contributed by atoms with Crippen LogP contribution < -0.4 is 14.8 Å². The predicted octanol–water partition coefficient (Wildman–Crippen LogP) is 7.04. The number of amides is 1. The van der Waals surface area contributed by atoms with Gasteiger partial charge in [0.25, 0.3) is 5.91 Å². The van der Waals surface area contributed by atoms with Gasteiger partial charge in [-0.2, -0.15) is 5.26 Å². The molecule has 8 heteroatoms. The van der Waals surface area contributed by atoms with E-state index in [0.29, 0.717) is 32.8 Å². The number of carbonyl (C=O) groups is 1. The molecule has 0 aliphatic rings. The van der Waals surface area contributed by atoms with Crippen molar-refractivity contribution in [2.75, 3.05) is 12.4 Å². The number of rotatable bonds is 7.